The van der Waals surface area contributed by atoms with Gasteiger partial charge >= 0.3 is 5.69 Å². The van der Waals surface area contributed by atoms with E-state index in [2.05, 4.69) is 15.0 Å². The van der Waals surface area contributed by atoms with E-state index in [0.29, 0.717) is 16.8 Å². The van der Waals surface area contributed by atoms with Crippen molar-refractivity contribution in [1.82, 2.24) is 19.6 Å². The third-order valence-electron chi connectivity index (χ3n) is 4.67. The zero-order valence-corrected chi connectivity index (χ0v) is 18.5. The van der Waals surface area contributed by atoms with E-state index in [4.69, 9.17) is 0 Å². The summed E-state index contributed by atoms with van der Waals surface area (Å²) >= 11 is 0. The number of nitrogens with one attached hydrogen (secondary N) is 3. The maximum absolute atomic E-state index is 12.6. The Balaban J connectivity index is 1.70. The third-order valence-corrected chi connectivity index (χ3v) is 6.19. The summed E-state index contributed by atoms with van der Waals surface area (Å²) in [5.74, 6) is -0.445. The number of aryl methyl sites for hydroxylation is 1. The number of nitrogens with zero attached hydrogens (tertiary/aromatic N) is 1. The van der Waals surface area contributed by atoms with Gasteiger partial charge in [0.05, 0.1) is 11.4 Å². The van der Waals surface area contributed by atoms with Crippen molar-refractivity contribution >= 4 is 15.9 Å². The highest BCUT2D eigenvalue weighted by Gasteiger charge is 2.16. The lowest BCUT2D eigenvalue weighted by Gasteiger charge is -2.13. The Morgan fingerprint density at radius 2 is 1.71 bits per heavy atom. The predicted octanol–water partition coefficient (Wildman–Crippen LogP) is 2.23. The quantitative estimate of drug-likeness (QED) is 0.496. The highest BCUT2D eigenvalue weighted by atomic mass is 32.2. The van der Waals surface area contributed by atoms with Crippen LogP contribution in [-0.2, 0) is 22.3 Å². The molecule has 3 aromatic rings. The van der Waals surface area contributed by atoms with Crippen molar-refractivity contribution in [3.8, 4) is 5.69 Å². The van der Waals surface area contributed by atoms with Crippen LogP contribution in [-0.4, -0.2) is 29.9 Å². The second-order valence-corrected chi connectivity index (χ2v) is 9.35. The van der Waals surface area contributed by atoms with E-state index >= 15 is 0 Å². The fourth-order valence-electron chi connectivity index (χ4n) is 3.29. The zero-order valence-electron chi connectivity index (χ0n) is 17.7. The summed E-state index contributed by atoms with van der Waals surface area (Å²) in [6.45, 7) is 5.54. The summed E-state index contributed by atoms with van der Waals surface area (Å²) in [7, 11) is -3.47. The molecule has 3 N–H and O–H groups in total. The largest absolute Gasteiger partial charge is 0.348 e. The molecule has 0 spiro atoms. The maximum atomic E-state index is 12.6. The molecule has 1 amide bonds. The van der Waals surface area contributed by atoms with Gasteiger partial charge in [-0.25, -0.2) is 17.9 Å². The van der Waals surface area contributed by atoms with Crippen molar-refractivity contribution in [3.05, 3.63) is 87.6 Å². The number of H-pyrrole nitrogens is 1. The molecule has 164 valence electrons. The van der Waals surface area contributed by atoms with Crippen LogP contribution in [0, 0.1) is 6.92 Å². The molecule has 0 aliphatic carbocycles. The molecule has 0 radical (unpaired) electrons. The van der Waals surface area contributed by atoms with Crippen molar-refractivity contribution in [2.45, 2.75) is 39.1 Å². The first kappa shape index (κ1) is 22.5. The smallest absolute Gasteiger partial charge is 0.330 e. The molecular formula is C22H26N4O4S. The van der Waals surface area contributed by atoms with Crippen LogP contribution in [0.2, 0.25) is 0 Å². The number of imidazole rings is 1. The van der Waals surface area contributed by atoms with Gasteiger partial charge in [0.2, 0.25) is 10.0 Å². The SMILES string of the molecule is Cc1c[nH]c(=O)n1-c1ccc(C(=O)NCc2ccccc2CS(=O)(=O)NC(C)C)cc1. The number of aromatic amines is 1. The van der Waals surface area contributed by atoms with E-state index in [1.807, 2.05) is 6.92 Å². The van der Waals surface area contributed by atoms with Gasteiger partial charge < -0.3 is 10.3 Å². The Morgan fingerprint density at radius 1 is 1.06 bits per heavy atom. The van der Waals surface area contributed by atoms with Crippen molar-refractivity contribution < 1.29 is 13.2 Å². The lowest BCUT2D eigenvalue weighted by molar-refractivity contribution is 0.0951. The van der Waals surface area contributed by atoms with E-state index in [1.54, 1.807) is 68.6 Å². The molecule has 0 unspecified atom stereocenters. The highest BCUT2D eigenvalue weighted by molar-refractivity contribution is 7.88. The number of aromatic nitrogens is 2. The van der Waals surface area contributed by atoms with Crippen LogP contribution in [0.3, 0.4) is 0 Å². The number of amides is 1. The van der Waals surface area contributed by atoms with Gasteiger partial charge in [0.1, 0.15) is 0 Å². The number of carbonyl (C=O) groups excluding carboxylic acids is 1. The van der Waals surface area contributed by atoms with E-state index in [9.17, 15) is 18.0 Å². The normalized spacial score (nSPS) is 11.6. The fourth-order valence-corrected chi connectivity index (χ4v) is 4.78. The number of rotatable bonds is 8. The van der Waals surface area contributed by atoms with Crippen LogP contribution in [0.25, 0.3) is 5.69 Å². The summed E-state index contributed by atoms with van der Waals surface area (Å²) in [6.07, 6.45) is 1.62. The summed E-state index contributed by atoms with van der Waals surface area (Å²) in [5, 5.41) is 2.83. The van der Waals surface area contributed by atoms with E-state index in [1.165, 1.54) is 4.57 Å². The number of hydrogen-bond acceptors (Lipinski definition) is 4. The topological polar surface area (TPSA) is 113 Å². The Hall–Kier alpha value is -3.17. The maximum Gasteiger partial charge on any atom is 0.330 e. The summed E-state index contributed by atoms with van der Waals surface area (Å²) in [4.78, 5) is 27.1. The molecule has 0 atom stereocenters. The van der Waals surface area contributed by atoms with Crippen LogP contribution in [0.5, 0.6) is 0 Å². The van der Waals surface area contributed by atoms with E-state index in [0.717, 1.165) is 11.3 Å². The Labute approximate surface area is 181 Å². The fraction of sp³-hybridized carbons (Fsp3) is 0.273. The first-order valence-electron chi connectivity index (χ1n) is 9.89. The van der Waals surface area contributed by atoms with Crippen molar-refractivity contribution in [1.29, 1.82) is 0 Å². The number of carbonyl (C=O) groups is 1. The molecule has 2 aromatic carbocycles. The molecule has 31 heavy (non-hydrogen) atoms. The molecule has 0 bridgehead atoms. The van der Waals surface area contributed by atoms with Gasteiger partial charge in [0, 0.05) is 30.0 Å². The number of benzene rings is 2. The highest BCUT2D eigenvalue weighted by Crippen LogP contribution is 2.14. The van der Waals surface area contributed by atoms with Crippen molar-refractivity contribution in [2.75, 3.05) is 0 Å². The first-order chi connectivity index (χ1) is 14.7. The average Bonchev–Trinajstić information content (AvgIpc) is 3.04. The molecule has 0 saturated carbocycles. The number of hydrogen-bond donors (Lipinski definition) is 3. The van der Waals surface area contributed by atoms with Gasteiger partial charge in [-0.15, -0.1) is 0 Å². The molecule has 1 aromatic heterocycles. The molecule has 8 nitrogen and oxygen atoms in total. The molecule has 3 rings (SSSR count). The second kappa shape index (κ2) is 9.32. The molecule has 0 aliphatic rings. The zero-order chi connectivity index (χ0) is 22.6. The standard InChI is InChI=1S/C22H26N4O4S/c1-15(2)25-31(29,30)14-19-7-5-4-6-18(19)13-23-21(27)17-8-10-20(11-9-17)26-16(3)12-24-22(26)28/h4-12,15,25H,13-14H2,1-3H3,(H,23,27)(H,24,28). The van der Waals surface area contributed by atoms with Gasteiger partial charge in [0.15, 0.2) is 0 Å². The summed E-state index contributed by atoms with van der Waals surface area (Å²) in [5.41, 5.74) is 2.99. The Kier molecular flexibility index (Phi) is 6.77. The molecule has 0 fully saturated rings. The van der Waals surface area contributed by atoms with Gasteiger partial charge in [0.25, 0.3) is 5.91 Å². The van der Waals surface area contributed by atoms with E-state index in [-0.39, 0.29) is 29.9 Å². The third kappa shape index (κ3) is 5.71. The van der Waals surface area contributed by atoms with Crippen LogP contribution in [0.4, 0.5) is 0 Å². The molecule has 0 aliphatic heterocycles. The average molecular weight is 443 g/mol. The summed E-state index contributed by atoms with van der Waals surface area (Å²) in [6, 6.07) is 13.6. The predicted molar refractivity (Wildman–Crippen MR) is 120 cm³/mol. The van der Waals surface area contributed by atoms with Crippen LogP contribution in [0.1, 0.15) is 41.0 Å². The lowest BCUT2D eigenvalue weighted by atomic mass is 10.1. The Bertz CT molecular complexity index is 1220. The van der Waals surface area contributed by atoms with Gasteiger partial charge in [-0.2, -0.15) is 0 Å². The minimum atomic E-state index is -3.47. The van der Waals surface area contributed by atoms with Crippen LogP contribution in [0.15, 0.2) is 59.5 Å². The van der Waals surface area contributed by atoms with Crippen molar-refractivity contribution in [2.24, 2.45) is 0 Å². The van der Waals surface area contributed by atoms with Gasteiger partial charge in [-0.1, -0.05) is 24.3 Å². The second-order valence-electron chi connectivity index (χ2n) is 7.60. The van der Waals surface area contributed by atoms with E-state index < -0.39 is 10.0 Å². The minimum Gasteiger partial charge on any atom is -0.348 e. The monoisotopic (exact) mass is 442 g/mol. The lowest BCUT2D eigenvalue weighted by Crippen LogP contribution is -2.32. The molecule has 9 heteroatoms. The minimum absolute atomic E-state index is 0.156. The molecular weight excluding hydrogens is 416 g/mol. The Morgan fingerprint density at radius 3 is 2.29 bits per heavy atom. The van der Waals surface area contributed by atoms with Crippen molar-refractivity contribution in [3.63, 3.8) is 0 Å². The van der Waals surface area contributed by atoms with Crippen LogP contribution < -0.4 is 15.7 Å². The van der Waals surface area contributed by atoms with Crippen LogP contribution >= 0.6 is 0 Å². The van der Waals surface area contributed by atoms with Gasteiger partial charge in [-0.3, -0.25) is 9.36 Å². The summed E-state index contributed by atoms with van der Waals surface area (Å²) < 4.78 is 28.6. The first-order valence-corrected chi connectivity index (χ1v) is 11.5. The molecule has 0 saturated heterocycles. The van der Waals surface area contributed by atoms with Gasteiger partial charge in [-0.05, 0) is 56.2 Å². The molecule has 1 heterocycles. The number of sulfonamides is 1.